The predicted molar refractivity (Wildman–Crippen MR) is 69.9 cm³/mol. The van der Waals surface area contributed by atoms with Gasteiger partial charge in [0.25, 0.3) is 5.91 Å². The predicted octanol–water partition coefficient (Wildman–Crippen LogP) is 1.37. The van der Waals surface area contributed by atoms with Crippen LogP contribution < -0.4 is 10.6 Å². The van der Waals surface area contributed by atoms with E-state index in [-0.39, 0.29) is 17.6 Å². The van der Waals surface area contributed by atoms with Crippen LogP contribution in [0.4, 0.5) is 10.1 Å². The lowest BCUT2D eigenvalue weighted by Gasteiger charge is -2.27. The Bertz CT molecular complexity index is 590. The van der Waals surface area contributed by atoms with Gasteiger partial charge in [-0.15, -0.1) is 0 Å². The van der Waals surface area contributed by atoms with Crippen LogP contribution in [0.5, 0.6) is 0 Å². The van der Waals surface area contributed by atoms with Crippen LogP contribution in [0.15, 0.2) is 18.2 Å². The Balaban J connectivity index is 2.02. The number of hydrogen-bond donors (Lipinski definition) is 2. The van der Waals surface area contributed by atoms with Gasteiger partial charge in [-0.05, 0) is 37.5 Å². The van der Waals surface area contributed by atoms with Gasteiger partial charge >= 0.3 is 5.97 Å². The normalized spacial score (nSPS) is 27.9. The van der Waals surface area contributed by atoms with E-state index in [1.165, 1.54) is 12.1 Å². The molecule has 3 unspecified atom stereocenters. The number of carboxylic acid groups (broad SMARTS) is 1. The van der Waals surface area contributed by atoms with Gasteiger partial charge in [-0.2, -0.15) is 0 Å². The molecule has 6 heteroatoms. The number of nitrogens with two attached hydrogens (primary N) is 1. The van der Waals surface area contributed by atoms with E-state index in [0.29, 0.717) is 12.1 Å². The molecule has 1 aromatic rings. The van der Waals surface area contributed by atoms with Crippen LogP contribution in [0.3, 0.4) is 0 Å². The molecular weight excluding hydrogens is 263 g/mol. The van der Waals surface area contributed by atoms with Crippen molar-refractivity contribution >= 4 is 17.6 Å². The molecule has 2 aliphatic rings. The highest BCUT2D eigenvalue weighted by molar-refractivity contribution is 5.99. The number of halogens is 1. The highest BCUT2D eigenvalue weighted by atomic mass is 19.1. The fraction of sp³-hybridized carbons (Fsp3) is 0.429. The van der Waals surface area contributed by atoms with Crippen molar-refractivity contribution in [1.29, 1.82) is 0 Å². The van der Waals surface area contributed by atoms with E-state index in [0.717, 1.165) is 18.9 Å². The van der Waals surface area contributed by atoms with E-state index in [2.05, 4.69) is 0 Å². The lowest BCUT2D eigenvalue weighted by Crippen LogP contribution is -2.34. The molecule has 2 saturated heterocycles. The maximum Gasteiger partial charge on any atom is 0.308 e. The van der Waals surface area contributed by atoms with Gasteiger partial charge in [0.05, 0.1) is 17.2 Å². The van der Waals surface area contributed by atoms with E-state index in [1.54, 1.807) is 0 Å². The highest BCUT2D eigenvalue weighted by Crippen LogP contribution is 2.45. The number of benzene rings is 1. The number of primary amides is 1. The van der Waals surface area contributed by atoms with Crippen LogP contribution in [-0.2, 0) is 4.79 Å². The Morgan fingerprint density at radius 2 is 2.10 bits per heavy atom. The summed E-state index contributed by atoms with van der Waals surface area (Å²) in [5.74, 6) is -2.47. The minimum atomic E-state index is -0.815. The smallest absolute Gasteiger partial charge is 0.308 e. The Morgan fingerprint density at radius 1 is 1.35 bits per heavy atom. The Hall–Kier alpha value is -2.11. The molecule has 0 radical (unpaired) electrons. The molecular formula is C14H15FN2O3. The number of carbonyl (C=O) groups excluding carboxylic acids is 1. The zero-order valence-corrected chi connectivity index (χ0v) is 10.8. The minimum Gasteiger partial charge on any atom is -0.481 e. The molecule has 1 amide bonds. The Labute approximate surface area is 115 Å². The Kier molecular flexibility index (Phi) is 2.88. The summed E-state index contributed by atoms with van der Waals surface area (Å²) in [6.07, 6.45) is 2.23. The van der Waals surface area contributed by atoms with Crippen molar-refractivity contribution in [1.82, 2.24) is 0 Å². The number of nitrogens with zero attached hydrogens (tertiary/aromatic N) is 1. The first-order valence-electron chi connectivity index (χ1n) is 6.59. The standard InChI is InChI=1S/C14H15FN2O3/c15-7-1-3-11(9(5-7)13(16)18)17-8-2-4-12(17)10(6-8)14(19)20/h1,3,5,8,10,12H,2,4,6H2,(H2,16,18)(H,19,20). The van der Waals surface area contributed by atoms with E-state index < -0.39 is 23.6 Å². The zero-order valence-electron chi connectivity index (χ0n) is 10.8. The Morgan fingerprint density at radius 3 is 2.70 bits per heavy atom. The lowest BCUT2D eigenvalue weighted by molar-refractivity contribution is -0.142. The summed E-state index contributed by atoms with van der Waals surface area (Å²) in [5.41, 5.74) is 5.98. The summed E-state index contributed by atoms with van der Waals surface area (Å²) < 4.78 is 13.3. The van der Waals surface area contributed by atoms with E-state index >= 15 is 0 Å². The van der Waals surface area contributed by atoms with Gasteiger partial charge in [0.2, 0.25) is 0 Å². The van der Waals surface area contributed by atoms with E-state index in [1.807, 2.05) is 4.90 Å². The van der Waals surface area contributed by atoms with Gasteiger partial charge in [-0.25, -0.2) is 4.39 Å². The van der Waals surface area contributed by atoms with Gasteiger partial charge in [0.15, 0.2) is 0 Å². The molecule has 0 spiro atoms. The molecule has 5 nitrogen and oxygen atoms in total. The first-order valence-corrected chi connectivity index (χ1v) is 6.59. The molecule has 2 bridgehead atoms. The lowest BCUT2D eigenvalue weighted by atomic mass is 9.89. The molecule has 20 heavy (non-hydrogen) atoms. The number of carbonyl (C=O) groups is 2. The molecule has 0 aromatic heterocycles. The third kappa shape index (κ3) is 1.83. The quantitative estimate of drug-likeness (QED) is 0.874. The van der Waals surface area contributed by atoms with Crippen LogP contribution in [0.1, 0.15) is 29.6 Å². The number of carboxylic acids is 1. The minimum absolute atomic E-state index is 0.0876. The van der Waals surface area contributed by atoms with Crippen molar-refractivity contribution < 1.29 is 19.1 Å². The summed E-state index contributed by atoms with van der Waals surface area (Å²) in [7, 11) is 0. The first-order chi connectivity index (χ1) is 9.49. The number of aliphatic carboxylic acids is 1. The van der Waals surface area contributed by atoms with Gasteiger partial charge in [0.1, 0.15) is 5.82 Å². The van der Waals surface area contributed by atoms with E-state index in [4.69, 9.17) is 5.73 Å². The average molecular weight is 278 g/mol. The molecule has 2 heterocycles. The van der Waals surface area contributed by atoms with Gasteiger partial charge < -0.3 is 15.7 Å². The second-order valence-electron chi connectivity index (χ2n) is 5.41. The molecule has 0 saturated carbocycles. The average Bonchev–Trinajstić information content (AvgIpc) is 2.96. The van der Waals surface area contributed by atoms with Gasteiger partial charge in [0, 0.05) is 12.1 Å². The van der Waals surface area contributed by atoms with Crippen molar-refractivity contribution in [2.45, 2.75) is 31.3 Å². The number of anilines is 1. The van der Waals surface area contributed by atoms with Crippen LogP contribution >= 0.6 is 0 Å². The number of hydrogen-bond acceptors (Lipinski definition) is 3. The zero-order chi connectivity index (χ0) is 14.4. The summed E-state index contributed by atoms with van der Waals surface area (Å²) >= 11 is 0. The maximum atomic E-state index is 13.3. The molecule has 3 atom stereocenters. The first kappa shape index (κ1) is 12.9. The summed E-state index contributed by atoms with van der Waals surface area (Å²) in [4.78, 5) is 24.7. The van der Waals surface area contributed by atoms with E-state index in [9.17, 15) is 19.1 Å². The summed E-state index contributed by atoms with van der Waals surface area (Å²) in [6, 6.07) is 3.86. The number of amides is 1. The number of fused-ring (bicyclic) bond motifs is 2. The monoisotopic (exact) mass is 278 g/mol. The fourth-order valence-corrected chi connectivity index (χ4v) is 3.56. The van der Waals surface area contributed by atoms with Crippen molar-refractivity contribution in [2.75, 3.05) is 4.90 Å². The second-order valence-corrected chi connectivity index (χ2v) is 5.41. The molecule has 3 rings (SSSR count). The van der Waals surface area contributed by atoms with Gasteiger partial charge in [-0.3, -0.25) is 9.59 Å². The molecule has 3 N–H and O–H groups in total. The van der Waals surface area contributed by atoms with Crippen molar-refractivity contribution in [3.05, 3.63) is 29.6 Å². The molecule has 0 aliphatic carbocycles. The van der Waals surface area contributed by atoms with Crippen molar-refractivity contribution in [3.63, 3.8) is 0 Å². The van der Waals surface area contributed by atoms with Crippen LogP contribution in [0.25, 0.3) is 0 Å². The third-order valence-corrected chi connectivity index (χ3v) is 4.36. The topological polar surface area (TPSA) is 83.6 Å². The molecule has 2 fully saturated rings. The molecule has 106 valence electrons. The second kappa shape index (κ2) is 4.47. The van der Waals surface area contributed by atoms with Crippen LogP contribution in [0, 0.1) is 11.7 Å². The van der Waals surface area contributed by atoms with Crippen molar-refractivity contribution in [3.8, 4) is 0 Å². The SMILES string of the molecule is NC(=O)c1cc(F)ccc1N1C2CCC1C(C(=O)O)C2. The highest BCUT2D eigenvalue weighted by Gasteiger charge is 2.49. The van der Waals surface area contributed by atoms with Crippen LogP contribution in [-0.4, -0.2) is 29.1 Å². The molecule has 1 aromatic carbocycles. The fourth-order valence-electron chi connectivity index (χ4n) is 3.56. The van der Waals surface area contributed by atoms with Gasteiger partial charge in [-0.1, -0.05) is 0 Å². The maximum absolute atomic E-state index is 13.3. The summed E-state index contributed by atoms with van der Waals surface area (Å²) in [5, 5.41) is 9.24. The van der Waals surface area contributed by atoms with Crippen molar-refractivity contribution in [2.24, 2.45) is 11.7 Å². The summed E-state index contributed by atoms with van der Waals surface area (Å²) in [6.45, 7) is 0. The third-order valence-electron chi connectivity index (χ3n) is 4.36. The largest absolute Gasteiger partial charge is 0.481 e. The van der Waals surface area contributed by atoms with Crippen LogP contribution in [0.2, 0.25) is 0 Å². The number of rotatable bonds is 3. The molecule has 2 aliphatic heterocycles.